The zero-order chi connectivity index (χ0) is 26.0. The van der Waals surface area contributed by atoms with Gasteiger partial charge in [-0.2, -0.15) is 5.10 Å². The molecule has 3 aromatic rings. The maximum absolute atomic E-state index is 13.1. The number of hydrogen-bond donors (Lipinski definition) is 2. The van der Waals surface area contributed by atoms with Gasteiger partial charge < -0.3 is 24.8 Å². The number of ether oxygens (including phenoxy) is 2. The molecule has 2 saturated heterocycles. The molecule has 12 heteroatoms. The number of hydrogen-bond acceptors (Lipinski definition) is 7. The monoisotopic (exact) mass is 533 g/mol. The summed E-state index contributed by atoms with van der Waals surface area (Å²) in [5.41, 5.74) is -1.70. The zero-order valence-corrected chi connectivity index (χ0v) is 20.6. The Bertz CT molecular complexity index is 1240. The Kier molecular flexibility index (Phi) is 7.27. The minimum Gasteiger partial charge on any atom is -0.420 e. The third kappa shape index (κ3) is 6.00. The number of rotatable bonds is 7. The molecular weight excluding hydrogens is 508 g/mol. The molecular formula is C25H26ClF2N5O4. The molecule has 2 aliphatic heterocycles. The van der Waals surface area contributed by atoms with Gasteiger partial charge in [0, 0.05) is 54.9 Å². The van der Waals surface area contributed by atoms with Crippen LogP contribution in [0.2, 0.25) is 0 Å². The number of aliphatic hydroxyl groups excluding tert-OH is 1. The van der Waals surface area contributed by atoms with Crippen LogP contribution in [0.3, 0.4) is 0 Å². The normalized spacial score (nSPS) is 20.2. The van der Waals surface area contributed by atoms with Crippen LogP contribution in [-0.4, -0.2) is 57.1 Å². The molecule has 1 aromatic carbocycles. The van der Waals surface area contributed by atoms with Crippen molar-refractivity contribution in [3.63, 3.8) is 0 Å². The van der Waals surface area contributed by atoms with Crippen LogP contribution < -0.4 is 15.0 Å². The molecule has 4 heterocycles. The lowest BCUT2D eigenvalue weighted by atomic mass is 10.1. The van der Waals surface area contributed by atoms with Crippen LogP contribution in [0, 0.1) is 0 Å². The van der Waals surface area contributed by atoms with E-state index in [9.17, 15) is 18.7 Å². The van der Waals surface area contributed by atoms with Crippen LogP contribution in [0.25, 0.3) is 11.3 Å². The van der Waals surface area contributed by atoms with E-state index in [1.165, 1.54) is 30.5 Å². The van der Waals surface area contributed by atoms with Crippen molar-refractivity contribution in [2.24, 2.45) is 0 Å². The molecule has 0 aliphatic carbocycles. The molecule has 196 valence electrons. The number of halogens is 3. The Morgan fingerprint density at radius 1 is 1.22 bits per heavy atom. The van der Waals surface area contributed by atoms with Gasteiger partial charge in [-0.3, -0.25) is 4.79 Å². The molecule has 2 N–H and O–H groups in total. The van der Waals surface area contributed by atoms with E-state index < -0.39 is 17.6 Å². The highest BCUT2D eigenvalue weighted by atomic mass is 35.5. The minimum atomic E-state index is -3.82. The van der Waals surface area contributed by atoms with Crippen molar-refractivity contribution < 1.29 is 28.2 Å². The second-order valence-electron chi connectivity index (χ2n) is 8.99. The smallest absolute Gasteiger partial charge is 0.420 e. The zero-order valence-electron chi connectivity index (χ0n) is 19.8. The van der Waals surface area contributed by atoms with Crippen molar-refractivity contribution in [1.29, 1.82) is 0 Å². The topological polar surface area (TPSA) is 102 Å². The Labute approximate surface area is 217 Å². The largest absolute Gasteiger partial charge is 0.487 e. The van der Waals surface area contributed by atoms with Crippen molar-refractivity contribution in [2.75, 3.05) is 29.9 Å². The predicted octanol–water partition coefficient (Wildman–Crippen LogP) is 4.64. The second kappa shape index (κ2) is 10.6. The summed E-state index contributed by atoms with van der Waals surface area (Å²) in [5, 5.41) is 17.3. The Balaban J connectivity index is 1.43. The lowest BCUT2D eigenvalue weighted by Crippen LogP contribution is -2.25. The van der Waals surface area contributed by atoms with Gasteiger partial charge in [0.1, 0.15) is 11.6 Å². The lowest BCUT2D eigenvalue weighted by Gasteiger charge is -2.26. The molecule has 1 unspecified atom stereocenters. The Morgan fingerprint density at radius 2 is 2.03 bits per heavy atom. The Morgan fingerprint density at radius 3 is 2.70 bits per heavy atom. The summed E-state index contributed by atoms with van der Waals surface area (Å²) in [4.78, 5) is 19.7. The van der Waals surface area contributed by atoms with Crippen LogP contribution >= 0.6 is 11.6 Å². The van der Waals surface area contributed by atoms with Gasteiger partial charge in [-0.25, -0.2) is 9.67 Å². The number of pyridine rings is 1. The number of β-amino-alcohol motifs (C(OH)–C–C–N with tert-alkyl or cyclic N) is 1. The number of nitrogens with one attached hydrogen (secondary N) is 1. The van der Waals surface area contributed by atoms with Crippen molar-refractivity contribution in [1.82, 2.24) is 14.8 Å². The van der Waals surface area contributed by atoms with Gasteiger partial charge >= 0.3 is 5.57 Å². The van der Waals surface area contributed by atoms with E-state index in [0.29, 0.717) is 48.7 Å². The number of amides is 1. The summed E-state index contributed by atoms with van der Waals surface area (Å²) in [6.07, 6.45) is 5.99. The first-order valence-corrected chi connectivity index (χ1v) is 12.4. The van der Waals surface area contributed by atoms with Gasteiger partial charge in [-0.15, -0.1) is 8.78 Å². The van der Waals surface area contributed by atoms with E-state index in [1.807, 2.05) is 15.6 Å². The fourth-order valence-corrected chi connectivity index (χ4v) is 4.66. The number of nitrogens with zero attached hydrogens (tertiary/aromatic N) is 4. The van der Waals surface area contributed by atoms with Crippen molar-refractivity contribution in [2.45, 2.75) is 43.6 Å². The van der Waals surface area contributed by atoms with Gasteiger partial charge in [-0.1, -0.05) is 0 Å². The molecule has 2 aliphatic rings. The van der Waals surface area contributed by atoms with Crippen LogP contribution in [0.5, 0.6) is 5.75 Å². The van der Waals surface area contributed by atoms with Crippen LogP contribution in [0.1, 0.15) is 42.3 Å². The van der Waals surface area contributed by atoms with Crippen molar-refractivity contribution in [3.8, 4) is 17.0 Å². The molecule has 2 atom stereocenters. The summed E-state index contributed by atoms with van der Waals surface area (Å²) in [7, 11) is 0. The molecule has 37 heavy (non-hydrogen) atoms. The quantitative estimate of drug-likeness (QED) is 0.427. The summed E-state index contributed by atoms with van der Waals surface area (Å²) < 4.78 is 37.8. The summed E-state index contributed by atoms with van der Waals surface area (Å²) >= 11 is 4.79. The van der Waals surface area contributed by atoms with E-state index in [2.05, 4.69) is 20.1 Å². The van der Waals surface area contributed by atoms with Crippen LogP contribution in [-0.2, 0) is 4.74 Å². The third-order valence-electron chi connectivity index (χ3n) is 6.31. The summed E-state index contributed by atoms with van der Waals surface area (Å²) in [6, 6.07) is 9.02. The first kappa shape index (κ1) is 25.4. The fraction of sp³-hybridized carbons (Fsp3) is 0.400. The molecule has 0 radical (unpaired) electrons. The molecule has 1 amide bonds. The molecule has 2 fully saturated rings. The Hall–Kier alpha value is -3.28. The maximum Gasteiger partial charge on any atom is 0.487 e. The number of anilines is 2. The molecule has 0 spiro atoms. The second-order valence-corrected chi connectivity index (χ2v) is 9.43. The number of carbonyl (C=O) groups excluding carboxylic acids is 1. The highest BCUT2D eigenvalue weighted by Crippen LogP contribution is 2.35. The summed E-state index contributed by atoms with van der Waals surface area (Å²) in [6.45, 7) is 1.73. The number of carbonyl (C=O) groups is 1. The van der Waals surface area contributed by atoms with Gasteiger partial charge in [0.05, 0.1) is 17.4 Å². The SMILES string of the molecule is O=C(Nc1ccc(OC(F)(F)Cl)cc1)c1cnc(N2CC[C@@H](O)C2)c(-c2ccnn2C2CCCCO2)c1. The fourth-order valence-electron chi connectivity index (χ4n) is 4.57. The average molecular weight is 534 g/mol. The first-order chi connectivity index (χ1) is 17.8. The van der Waals surface area contributed by atoms with Crippen LogP contribution in [0.4, 0.5) is 20.3 Å². The van der Waals surface area contributed by atoms with Gasteiger partial charge in [-0.05, 0) is 62.1 Å². The molecule has 0 bridgehead atoms. The number of aliphatic hydroxyl groups is 1. The van der Waals surface area contributed by atoms with E-state index in [-0.39, 0.29) is 12.0 Å². The summed E-state index contributed by atoms with van der Waals surface area (Å²) in [5.74, 6) is 0.0737. The average Bonchev–Trinajstić information content (AvgIpc) is 3.54. The molecule has 9 nitrogen and oxygen atoms in total. The number of alkyl halides is 3. The maximum atomic E-state index is 13.1. The standard InChI is InChI=1S/C25H26ClF2N5O4/c26-25(27,28)37-19-6-4-17(5-7-19)31-24(35)16-13-20(23(29-14-16)32-11-9-18(34)15-32)21-8-10-30-33(21)22-3-1-2-12-36-22/h4-8,10,13-14,18,22,34H,1-3,9,11-12,15H2,(H,31,35)/t18-,22?/m1/s1. The predicted molar refractivity (Wildman–Crippen MR) is 133 cm³/mol. The van der Waals surface area contributed by atoms with E-state index in [4.69, 9.17) is 16.3 Å². The lowest BCUT2D eigenvalue weighted by molar-refractivity contribution is -0.0964. The molecule has 0 saturated carbocycles. The van der Waals surface area contributed by atoms with E-state index >= 15 is 0 Å². The molecule has 5 rings (SSSR count). The van der Waals surface area contributed by atoms with Crippen molar-refractivity contribution in [3.05, 3.63) is 54.4 Å². The first-order valence-electron chi connectivity index (χ1n) is 12.0. The van der Waals surface area contributed by atoms with Crippen LogP contribution in [0.15, 0.2) is 48.8 Å². The van der Waals surface area contributed by atoms with E-state index in [1.54, 1.807) is 12.3 Å². The minimum absolute atomic E-state index is 0.141. The molecule has 2 aromatic heterocycles. The number of benzene rings is 1. The van der Waals surface area contributed by atoms with Crippen molar-refractivity contribution >= 4 is 29.0 Å². The van der Waals surface area contributed by atoms with Gasteiger partial charge in [0.15, 0.2) is 6.23 Å². The highest BCUT2D eigenvalue weighted by molar-refractivity contribution is 6.20. The highest BCUT2D eigenvalue weighted by Gasteiger charge is 2.29. The number of aromatic nitrogens is 3. The van der Waals surface area contributed by atoms with Gasteiger partial charge in [0.2, 0.25) is 0 Å². The van der Waals surface area contributed by atoms with Gasteiger partial charge in [0.25, 0.3) is 5.91 Å². The third-order valence-corrected chi connectivity index (χ3v) is 6.39. The van der Waals surface area contributed by atoms with E-state index in [0.717, 1.165) is 25.0 Å².